The van der Waals surface area contributed by atoms with E-state index in [2.05, 4.69) is 5.10 Å². The van der Waals surface area contributed by atoms with Gasteiger partial charge in [-0.3, -0.25) is 14.9 Å². The second kappa shape index (κ2) is 8.39. The van der Waals surface area contributed by atoms with Gasteiger partial charge in [0.1, 0.15) is 5.56 Å². The Morgan fingerprint density at radius 3 is 2.30 bits per heavy atom. The van der Waals surface area contributed by atoms with Crippen LogP contribution in [0.15, 0.2) is 17.7 Å². The minimum absolute atomic E-state index is 0.00674. The van der Waals surface area contributed by atoms with E-state index in [1.165, 1.54) is 30.8 Å². The Labute approximate surface area is 175 Å². The molecule has 30 heavy (non-hydrogen) atoms. The average molecular weight is 436 g/mol. The first-order valence-electron chi connectivity index (χ1n) is 9.25. The number of hydrogen-bond donors (Lipinski definition) is 0. The smallest absolute Gasteiger partial charge is 0.310 e. The van der Waals surface area contributed by atoms with Crippen LogP contribution >= 0.6 is 0 Å². The predicted molar refractivity (Wildman–Crippen MR) is 113 cm³/mol. The molecule has 162 valence electrons. The molecule has 0 aliphatic rings. The lowest BCUT2D eigenvalue weighted by atomic mass is 9.90. The molecule has 0 N–H and O–H groups in total. The van der Waals surface area contributed by atoms with Crippen molar-refractivity contribution < 1.29 is 22.3 Å². The average Bonchev–Trinajstić information content (AvgIpc) is 2.92. The van der Waals surface area contributed by atoms with Crippen molar-refractivity contribution in [1.29, 1.82) is 0 Å². The molecular weight excluding hydrogens is 410 g/mol. The molecule has 0 aliphatic carbocycles. The fraction of sp³-hybridized carbons (Fsp3) is 0.400. The van der Waals surface area contributed by atoms with E-state index in [1.807, 2.05) is 13.8 Å². The monoisotopic (exact) mass is 435 g/mol. The van der Waals surface area contributed by atoms with Gasteiger partial charge in [-0.15, -0.1) is 0 Å². The summed E-state index contributed by atoms with van der Waals surface area (Å²) in [5.41, 5.74) is 2.79. The standard InChI is InChI=1S/C20H25N3O6S/c1-8-30(27,28)29-20-18(14(6)21-22(20)7)19(24)15-9-10-16(23(25)26)17(13(15)5)12(4)11(2)3/h9-10H,8H2,1-7H3. The van der Waals surface area contributed by atoms with Crippen LogP contribution in [0.4, 0.5) is 5.69 Å². The zero-order valence-corrected chi connectivity index (χ0v) is 18.9. The van der Waals surface area contributed by atoms with Crippen molar-refractivity contribution >= 4 is 27.2 Å². The molecule has 10 heteroatoms. The number of nitro benzene ring substituents is 1. The van der Waals surface area contributed by atoms with Gasteiger partial charge < -0.3 is 4.18 Å². The number of carbonyl (C=O) groups excluding carboxylic acids is 1. The van der Waals surface area contributed by atoms with Gasteiger partial charge in [-0.2, -0.15) is 13.5 Å². The molecule has 0 unspecified atom stereocenters. The number of allylic oxidation sites excluding steroid dienone is 2. The van der Waals surface area contributed by atoms with Gasteiger partial charge in [-0.05, 0) is 58.7 Å². The summed E-state index contributed by atoms with van der Waals surface area (Å²) in [4.78, 5) is 24.5. The van der Waals surface area contributed by atoms with Crippen molar-refractivity contribution in [1.82, 2.24) is 9.78 Å². The van der Waals surface area contributed by atoms with Gasteiger partial charge in [-0.1, -0.05) is 5.57 Å². The Bertz CT molecular complexity index is 1170. The van der Waals surface area contributed by atoms with E-state index in [4.69, 9.17) is 4.18 Å². The molecule has 1 aromatic heterocycles. The maximum absolute atomic E-state index is 13.4. The van der Waals surface area contributed by atoms with Crippen LogP contribution in [0.2, 0.25) is 0 Å². The van der Waals surface area contributed by atoms with E-state index in [0.29, 0.717) is 22.4 Å². The third kappa shape index (κ3) is 4.28. The first-order valence-corrected chi connectivity index (χ1v) is 10.8. The maximum atomic E-state index is 13.4. The number of carbonyl (C=O) groups is 1. The van der Waals surface area contributed by atoms with Crippen LogP contribution in [0.3, 0.4) is 0 Å². The van der Waals surface area contributed by atoms with Gasteiger partial charge in [0.2, 0.25) is 11.7 Å². The fourth-order valence-electron chi connectivity index (χ4n) is 3.13. The van der Waals surface area contributed by atoms with E-state index in [9.17, 15) is 23.3 Å². The second-order valence-corrected chi connectivity index (χ2v) is 9.02. The summed E-state index contributed by atoms with van der Waals surface area (Å²) in [6.07, 6.45) is 0. The molecule has 0 aliphatic heterocycles. The van der Waals surface area contributed by atoms with Crippen molar-refractivity contribution in [2.24, 2.45) is 7.05 Å². The van der Waals surface area contributed by atoms with Crippen LogP contribution < -0.4 is 4.18 Å². The van der Waals surface area contributed by atoms with Crippen LogP contribution in [-0.4, -0.2) is 34.7 Å². The van der Waals surface area contributed by atoms with Crippen molar-refractivity contribution in [3.8, 4) is 5.88 Å². The molecular formula is C20H25N3O6S. The minimum Gasteiger partial charge on any atom is -0.361 e. The largest absolute Gasteiger partial charge is 0.361 e. The summed E-state index contributed by atoms with van der Waals surface area (Å²) in [6.45, 7) is 10.1. The third-order valence-corrected chi connectivity index (χ3v) is 6.08. The summed E-state index contributed by atoms with van der Waals surface area (Å²) in [5, 5.41) is 15.7. The molecule has 0 atom stereocenters. The Balaban J connectivity index is 2.77. The summed E-state index contributed by atoms with van der Waals surface area (Å²) < 4.78 is 30.3. The normalized spacial score (nSPS) is 11.3. The lowest BCUT2D eigenvalue weighted by molar-refractivity contribution is -0.385. The van der Waals surface area contributed by atoms with E-state index in [0.717, 1.165) is 5.57 Å². The van der Waals surface area contributed by atoms with Gasteiger partial charge in [0.15, 0.2) is 0 Å². The van der Waals surface area contributed by atoms with Gasteiger partial charge >= 0.3 is 10.1 Å². The van der Waals surface area contributed by atoms with Crippen molar-refractivity contribution in [3.05, 3.63) is 55.8 Å². The van der Waals surface area contributed by atoms with E-state index in [1.54, 1.807) is 20.8 Å². The van der Waals surface area contributed by atoms with Gasteiger partial charge in [-0.25, -0.2) is 4.68 Å². The molecule has 0 amide bonds. The molecule has 0 fully saturated rings. The molecule has 0 spiro atoms. The summed E-state index contributed by atoms with van der Waals surface area (Å²) in [5.74, 6) is -0.972. The highest BCUT2D eigenvalue weighted by Crippen LogP contribution is 2.35. The SMILES string of the molecule is CCS(=O)(=O)Oc1c(C(=O)c2ccc([N+](=O)[O-])c(C(C)=C(C)C)c2C)c(C)nn1C. The topological polar surface area (TPSA) is 121 Å². The van der Waals surface area contributed by atoms with Gasteiger partial charge in [0.05, 0.1) is 21.9 Å². The number of aryl methyl sites for hydroxylation is 2. The van der Waals surface area contributed by atoms with Crippen molar-refractivity contribution in [2.75, 3.05) is 5.75 Å². The molecule has 0 saturated carbocycles. The Morgan fingerprint density at radius 2 is 1.80 bits per heavy atom. The Morgan fingerprint density at radius 1 is 1.20 bits per heavy atom. The fourth-order valence-corrected chi connectivity index (χ4v) is 3.68. The maximum Gasteiger partial charge on any atom is 0.310 e. The highest BCUT2D eigenvalue weighted by Gasteiger charge is 2.29. The quantitative estimate of drug-likeness (QED) is 0.281. The number of benzene rings is 1. The molecule has 0 radical (unpaired) electrons. The van der Waals surface area contributed by atoms with Crippen LogP contribution in [0.25, 0.3) is 5.57 Å². The Hall–Kier alpha value is -3.01. The van der Waals surface area contributed by atoms with Crippen LogP contribution in [0.5, 0.6) is 5.88 Å². The van der Waals surface area contributed by atoms with Gasteiger partial charge in [0, 0.05) is 18.7 Å². The molecule has 1 heterocycles. The second-order valence-electron chi connectivity index (χ2n) is 7.16. The van der Waals surface area contributed by atoms with Crippen molar-refractivity contribution in [2.45, 2.75) is 41.5 Å². The highest BCUT2D eigenvalue weighted by molar-refractivity contribution is 7.87. The first-order chi connectivity index (χ1) is 13.8. The molecule has 2 rings (SSSR count). The van der Waals surface area contributed by atoms with E-state index in [-0.39, 0.29) is 28.4 Å². The summed E-state index contributed by atoms with van der Waals surface area (Å²) >= 11 is 0. The summed E-state index contributed by atoms with van der Waals surface area (Å²) in [7, 11) is -2.41. The van der Waals surface area contributed by atoms with E-state index >= 15 is 0 Å². The van der Waals surface area contributed by atoms with E-state index < -0.39 is 20.8 Å². The zero-order valence-electron chi connectivity index (χ0n) is 18.1. The third-order valence-electron chi connectivity index (χ3n) is 4.97. The predicted octanol–water partition coefficient (Wildman–Crippen LogP) is 3.72. The summed E-state index contributed by atoms with van der Waals surface area (Å²) in [6, 6.07) is 2.67. The molecule has 9 nitrogen and oxygen atoms in total. The van der Waals surface area contributed by atoms with Crippen LogP contribution in [-0.2, 0) is 17.2 Å². The number of hydrogen-bond acceptors (Lipinski definition) is 7. The van der Waals surface area contributed by atoms with Crippen molar-refractivity contribution in [3.63, 3.8) is 0 Å². The molecule has 1 aromatic carbocycles. The molecule has 2 aromatic rings. The number of ketones is 1. The number of nitrogens with zero attached hydrogens (tertiary/aromatic N) is 3. The van der Waals surface area contributed by atoms with Crippen LogP contribution in [0, 0.1) is 24.0 Å². The minimum atomic E-state index is -3.89. The molecule has 0 saturated heterocycles. The lowest BCUT2D eigenvalue weighted by Crippen LogP contribution is -2.16. The Kier molecular flexibility index (Phi) is 6.51. The molecule has 0 bridgehead atoms. The number of nitro groups is 1. The first kappa shape index (κ1) is 23.3. The highest BCUT2D eigenvalue weighted by atomic mass is 32.2. The zero-order chi connectivity index (χ0) is 23.0. The van der Waals surface area contributed by atoms with Gasteiger partial charge in [0.25, 0.3) is 5.69 Å². The number of aromatic nitrogens is 2. The lowest BCUT2D eigenvalue weighted by Gasteiger charge is -2.14. The van der Waals surface area contributed by atoms with Crippen LogP contribution in [0.1, 0.15) is 60.4 Å². The number of rotatable bonds is 7.